The highest BCUT2D eigenvalue weighted by molar-refractivity contribution is 4.78. The van der Waals surface area contributed by atoms with Crippen LogP contribution in [-0.4, -0.2) is 31.2 Å². The highest BCUT2D eigenvalue weighted by atomic mass is 15.3. The maximum Gasteiger partial charge on any atom is 0.0971 e. The van der Waals surface area contributed by atoms with Gasteiger partial charge in [0.1, 0.15) is 0 Å². The molecule has 0 aromatic carbocycles. The molecular formula is C11H22N+. The first-order valence-corrected chi connectivity index (χ1v) is 5.10. The van der Waals surface area contributed by atoms with Crippen LogP contribution in [0.15, 0.2) is 12.2 Å². The molecule has 0 radical (unpaired) electrons. The van der Waals surface area contributed by atoms with Crippen LogP contribution in [0.2, 0.25) is 0 Å². The standard InChI is InChI=1S/C11H22N/c1-4-5-10-12(2,3)11-8-6-7-9-11/h4-5,11H,6-10H2,1-3H3/q+1/b5-4+. The molecule has 70 valence electrons. The molecular weight excluding hydrogens is 146 g/mol. The summed E-state index contributed by atoms with van der Waals surface area (Å²) >= 11 is 0. The van der Waals surface area contributed by atoms with Gasteiger partial charge in [0.2, 0.25) is 0 Å². The molecule has 0 saturated heterocycles. The summed E-state index contributed by atoms with van der Waals surface area (Å²) in [5.41, 5.74) is 0. The summed E-state index contributed by atoms with van der Waals surface area (Å²) in [4.78, 5) is 0. The van der Waals surface area contributed by atoms with Crippen LogP contribution >= 0.6 is 0 Å². The third-order valence-electron chi connectivity index (χ3n) is 3.12. The maximum absolute atomic E-state index is 2.36. The fraction of sp³-hybridized carbons (Fsp3) is 0.818. The molecule has 0 aliphatic heterocycles. The second-order valence-electron chi connectivity index (χ2n) is 4.47. The minimum Gasteiger partial charge on any atom is -0.323 e. The first kappa shape index (κ1) is 9.79. The topological polar surface area (TPSA) is 0 Å². The molecule has 1 aliphatic rings. The lowest BCUT2D eigenvalue weighted by atomic mass is 10.2. The van der Waals surface area contributed by atoms with E-state index in [-0.39, 0.29) is 0 Å². The quantitative estimate of drug-likeness (QED) is 0.449. The largest absolute Gasteiger partial charge is 0.323 e. The van der Waals surface area contributed by atoms with Crippen LogP contribution in [0.1, 0.15) is 32.6 Å². The van der Waals surface area contributed by atoms with E-state index in [9.17, 15) is 0 Å². The fourth-order valence-electron chi connectivity index (χ4n) is 2.13. The Balaban J connectivity index is 2.44. The van der Waals surface area contributed by atoms with Gasteiger partial charge in [0.25, 0.3) is 0 Å². The zero-order valence-corrected chi connectivity index (χ0v) is 8.71. The van der Waals surface area contributed by atoms with Crippen LogP contribution in [0.25, 0.3) is 0 Å². The lowest BCUT2D eigenvalue weighted by Crippen LogP contribution is -2.47. The van der Waals surface area contributed by atoms with Gasteiger partial charge >= 0.3 is 0 Å². The van der Waals surface area contributed by atoms with Crippen molar-refractivity contribution < 1.29 is 4.48 Å². The Morgan fingerprint density at radius 2 is 1.83 bits per heavy atom. The van der Waals surface area contributed by atoms with E-state index in [1.165, 1.54) is 36.7 Å². The minimum absolute atomic E-state index is 0.918. The monoisotopic (exact) mass is 168 g/mol. The summed E-state index contributed by atoms with van der Waals surface area (Å²) in [6.07, 6.45) is 10.2. The zero-order chi connectivity index (χ0) is 9.03. The molecule has 0 aromatic heterocycles. The van der Waals surface area contributed by atoms with Crippen LogP contribution < -0.4 is 0 Å². The van der Waals surface area contributed by atoms with Crippen molar-refractivity contribution in [3.63, 3.8) is 0 Å². The number of hydrogen-bond acceptors (Lipinski definition) is 0. The molecule has 1 nitrogen and oxygen atoms in total. The van der Waals surface area contributed by atoms with Gasteiger partial charge in [-0.1, -0.05) is 6.08 Å². The first-order valence-electron chi connectivity index (χ1n) is 5.10. The third-order valence-corrected chi connectivity index (χ3v) is 3.12. The molecule has 0 amide bonds. The van der Waals surface area contributed by atoms with E-state index < -0.39 is 0 Å². The molecule has 0 heterocycles. The molecule has 0 bridgehead atoms. The van der Waals surface area contributed by atoms with Gasteiger partial charge in [-0.25, -0.2) is 0 Å². The molecule has 1 aliphatic carbocycles. The van der Waals surface area contributed by atoms with Crippen LogP contribution in [0, 0.1) is 0 Å². The summed E-state index contributed by atoms with van der Waals surface area (Å²) < 4.78 is 1.18. The molecule has 1 fully saturated rings. The molecule has 12 heavy (non-hydrogen) atoms. The van der Waals surface area contributed by atoms with Crippen LogP contribution in [0.3, 0.4) is 0 Å². The van der Waals surface area contributed by atoms with E-state index in [4.69, 9.17) is 0 Å². The second-order valence-corrected chi connectivity index (χ2v) is 4.47. The Labute approximate surface area is 76.7 Å². The van der Waals surface area contributed by atoms with E-state index in [0.29, 0.717) is 0 Å². The predicted molar refractivity (Wildman–Crippen MR) is 54.0 cm³/mol. The number of hydrogen-bond donors (Lipinski definition) is 0. The van der Waals surface area contributed by atoms with Crippen molar-refractivity contribution in [2.24, 2.45) is 0 Å². The number of nitrogens with zero attached hydrogens (tertiary/aromatic N) is 1. The van der Waals surface area contributed by atoms with Crippen molar-refractivity contribution in [2.45, 2.75) is 38.6 Å². The second kappa shape index (κ2) is 4.08. The summed E-state index contributed by atoms with van der Waals surface area (Å²) in [5, 5.41) is 0. The molecule has 0 N–H and O–H groups in total. The number of rotatable bonds is 3. The van der Waals surface area contributed by atoms with Gasteiger partial charge in [0, 0.05) is 0 Å². The number of quaternary nitrogens is 1. The Morgan fingerprint density at radius 3 is 2.33 bits per heavy atom. The fourth-order valence-corrected chi connectivity index (χ4v) is 2.13. The summed E-state index contributed by atoms with van der Waals surface area (Å²) in [6, 6.07) is 0.918. The Bertz CT molecular complexity index is 152. The average Bonchev–Trinajstić information content (AvgIpc) is 2.53. The van der Waals surface area contributed by atoms with Crippen molar-refractivity contribution in [3.05, 3.63) is 12.2 Å². The Hall–Kier alpha value is -0.300. The van der Waals surface area contributed by atoms with E-state index in [0.717, 1.165) is 6.04 Å². The molecule has 1 heteroatoms. The van der Waals surface area contributed by atoms with Gasteiger partial charge in [-0.05, 0) is 38.7 Å². The van der Waals surface area contributed by atoms with Crippen LogP contribution in [0.5, 0.6) is 0 Å². The summed E-state index contributed by atoms with van der Waals surface area (Å²) in [5.74, 6) is 0. The normalized spacial score (nSPS) is 20.9. The van der Waals surface area contributed by atoms with E-state index in [1.807, 2.05) is 0 Å². The van der Waals surface area contributed by atoms with Crippen molar-refractivity contribution in [2.75, 3.05) is 20.6 Å². The van der Waals surface area contributed by atoms with Crippen LogP contribution in [0.4, 0.5) is 0 Å². The lowest BCUT2D eigenvalue weighted by Gasteiger charge is -2.35. The van der Waals surface area contributed by atoms with Gasteiger partial charge in [-0.2, -0.15) is 0 Å². The maximum atomic E-state index is 2.36. The molecule has 0 spiro atoms. The average molecular weight is 168 g/mol. The van der Waals surface area contributed by atoms with Gasteiger partial charge in [-0.15, -0.1) is 0 Å². The van der Waals surface area contributed by atoms with E-state index >= 15 is 0 Å². The third kappa shape index (κ3) is 2.34. The molecule has 1 rings (SSSR count). The van der Waals surface area contributed by atoms with Gasteiger partial charge in [0.15, 0.2) is 0 Å². The van der Waals surface area contributed by atoms with Crippen molar-refractivity contribution in [1.29, 1.82) is 0 Å². The molecule has 1 saturated carbocycles. The van der Waals surface area contributed by atoms with Gasteiger partial charge in [-0.3, -0.25) is 0 Å². The predicted octanol–water partition coefficient (Wildman–Crippen LogP) is 2.58. The first-order chi connectivity index (χ1) is 5.67. The van der Waals surface area contributed by atoms with E-state index in [2.05, 4.69) is 33.2 Å². The SMILES string of the molecule is C/C=C/C[N+](C)(C)C1CCCC1. The molecule has 0 aromatic rings. The number of allylic oxidation sites excluding steroid dienone is 1. The Kier molecular flexibility index (Phi) is 3.33. The lowest BCUT2D eigenvalue weighted by molar-refractivity contribution is -0.908. The highest BCUT2D eigenvalue weighted by Crippen LogP contribution is 2.26. The van der Waals surface area contributed by atoms with Gasteiger partial charge in [0.05, 0.1) is 26.7 Å². The van der Waals surface area contributed by atoms with Crippen LogP contribution in [-0.2, 0) is 0 Å². The van der Waals surface area contributed by atoms with Crippen molar-refractivity contribution >= 4 is 0 Å². The minimum atomic E-state index is 0.918. The van der Waals surface area contributed by atoms with Gasteiger partial charge < -0.3 is 4.48 Å². The summed E-state index contributed by atoms with van der Waals surface area (Å²) in [7, 11) is 4.71. The zero-order valence-electron chi connectivity index (χ0n) is 8.71. The number of likely N-dealkylation sites (N-methyl/N-ethyl adjacent to an activating group) is 1. The summed E-state index contributed by atoms with van der Waals surface area (Å²) in [6.45, 7) is 3.30. The van der Waals surface area contributed by atoms with Crippen molar-refractivity contribution in [3.8, 4) is 0 Å². The molecule has 0 unspecified atom stereocenters. The molecule has 0 atom stereocenters. The smallest absolute Gasteiger partial charge is 0.0971 e. The van der Waals surface area contributed by atoms with Crippen molar-refractivity contribution in [1.82, 2.24) is 0 Å². The highest BCUT2D eigenvalue weighted by Gasteiger charge is 2.29. The Morgan fingerprint density at radius 1 is 1.25 bits per heavy atom. The van der Waals surface area contributed by atoms with E-state index in [1.54, 1.807) is 0 Å².